The lowest BCUT2D eigenvalue weighted by Gasteiger charge is -2.08. The summed E-state index contributed by atoms with van der Waals surface area (Å²) in [5.41, 5.74) is 0. The molecule has 0 aliphatic carbocycles. The van der Waals surface area contributed by atoms with Gasteiger partial charge < -0.3 is 10.4 Å². The number of hydrogen-bond donors (Lipinski definition) is 2. The third-order valence-corrected chi connectivity index (χ3v) is 4.09. The molecule has 0 aromatic carbocycles. The van der Waals surface area contributed by atoms with E-state index >= 15 is 0 Å². The minimum Gasteiger partial charge on any atom is -0.386 e. The Kier molecular flexibility index (Phi) is 4.69. The van der Waals surface area contributed by atoms with Gasteiger partial charge in [0.2, 0.25) is 5.91 Å². The van der Waals surface area contributed by atoms with Gasteiger partial charge in [-0.2, -0.15) is 0 Å². The molecule has 5 heteroatoms. The van der Waals surface area contributed by atoms with Crippen LogP contribution < -0.4 is 5.32 Å². The summed E-state index contributed by atoms with van der Waals surface area (Å²) in [6, 6.07) is 7.60. The summed E-state index contributed by atoms with van der Waals surface area (Å²) in [6.45, 7) is 0.230. The number of amides is 1. The minimum absolute atomic E-state index is 0.195. The molecule has 0 aliphatic heterocycles. The molecule has 3 nitrogen and oxygen atoms in total. The smallest absolute Gasteiger partial charge is 0.244 e. The fourth-order valence-electron chi connectivity index (χ4n) is 1.38. The maximum absolute atomic E-state index is 11.5. The molecule has 0 bridgehead atoms. The van der Waals surface area contributed by atoms with Crippen molar-refractivity contribution in [2.75, 3.05) is 6.54 Å². The summed E-state index contributed by atoms with van der Waals surface area (Å²) in [4.78, 5) is 13.4. The summed E-state index contributed by atoms with van der Waals surface area (Å²) in [6.07, 6.45) is 2.61. The van der Waals surface area contributed by atoms with Crippen LogP contribution >= 0.6 is 22.7 Å². The zero-order chi connectivity index (χ0) is 12.8. The second-order valence-electron chi connectivity index (χ2n) is 3.63. The van der Waals surface area contributed by atoms with Gasteiger partial charge in [-0.25, -0.2) is 0 Å². The molecule has 0 saturated heterocycles. The van der Waals surface area contributed by atoms with Crippen LogP contribution in [0.5, 0.6) is 0 Å². The average Bonchev–Trinajstić information content (AvgIpc) is 3.05. The predicted octanol–water partition coefficient (Wildman–Crippen LogP) is 2.67. The zero-order valence-corrected chi connectivity index (χ0v) is 11.2. The van der Waals surface area contributed by atoms with E-state index in [0.29, 0.717) is 0 Å². The minimum atomic E-state index is -0.635. The molecule has 0 spiro atoms. The second kappa shape index (κ2) is 6.49. The molecular weight excluding hydrogens is 266 g/mol. The van der Waals surface area contributed by atoms with Crippen LogP contribution in [-0.2, 0) is 4.79 Å². The summed E-state index contributed by atoms with van der Waals surface area (Å²) >= 11 is 3.05. The van der Waals surface area contributed by atoms with Crippen molar-refractivity contribution in [1.29, 1.82) is 0 Å². The fraction of sp³-hybridized carbons (Fsp3) is 0.154. The highest BCUT2D eigenvalue weighted by molar-refractivity contribution is 7.10. The van der Waals surface area contributed by atoms with Crippen LogP contribution in [0.1, 0.15) is 15.9 Å². The average molecular weight is 279 g/mol. The van der Waals surface area contributed by atoms with E-state index in [2.05, 4.69) is 5.32 Å². The quantitative estimate of drug-likeness (QED) is 0.827. The normalized spacial score (nSPS) is 12.7. The Balaban J connectivity index is 1.78. The van der Waals surface area contributed by atoms with Crippen molar-refractivity contribution in [2.24, 2.45) is 0 Å². The number of aliphatic hydroxyl groups excluding tert-OH is 1. The van der Waals surface area contributed by atoms with Crippen molar-refractivity contribution in [3.05, 3.63) is 50.9 Å². The SMILES string of the molecule is O=C(/C=C/c1cccs1)NC[C@@H](O)c1cccs1. The summed E-state index contributed by atoms with van der Waals surface area (Å²) in [7, 11) is 0. The molecule has 0 unspecified atom stereocenters. The van der Waals surface area contributed by atoms with Gasteiger partial charge in [0.25, 0.3) is 0 Å². The molecule has 94 valence electrons. The lowest BCUT2D eigenvalue weighted by atomic mass is 10.3. The third-order valence-electron chi connectivity index (χ3n) is 2.28. The van der Waals surface area contributed by atoms with Crippen molar-refractivity contribution in [1.82, 2.24) is 5.32 Å². The number of aliphatic hydroxyl groups is 1. The molecular formula is C13H13NO2S2. The predicted molar refractivity (Wildman–Crippen MR) is 75.6 cm³/mol. The highest BCUT2D eigenvalue weighted by Crippen LogP contribution is 2.17. The molecule has 1 amide bonds. The molecule has 2 N–H and O–H groups in total. The van der Waals surface area contributed by atoms with Gasteiger partial charge in [-0.1, -0.05) is 12.1 Å². The fourth-order valence-corrected chi connectivity index (χ4v) is 2.71. The Morgan fingerprint density at radius 2 is 2.11 bits per heavy atom. The van der Waals surface area contributed by atoms with Crippen molar-refractivity contribution >= 4 is 34.7 Å². The number of carbonyl (C=O) groups is 1. The van der Waals surface area contributed by atoms with E-state index in [4.69, 9.17) is 0 Å². The van der Waals surface area contributed by atoms with Crippen molar-refractivity contribution < 1.29 is 9.90 Å². The number of hydrogen-bond acceptors (Lipinski definition) is 4. The van der Waals surface area contributed by atoms with E-state index in [9.17, 15) is 9.90 Å². The number of nitrogens with one attached hydrogen (secondary N) is 1. The van der Waals surface area contributed by atoms with Gasteiger partial charge in [0.05, 0.1) is 0 Å². The van der Waals surface area contributed by atoms with Crippen molar-refractivity contribution in [3.63, 3.8) is 0 Å². The van der Waals surface area contributed by atoms with Gasteiger partial charge in [-0.15, -0.1) is 22.7 Å². The zero-order valence-electron chi connectivity index (χ0n) is 9.58. The largest absolute Gasteiger partial charge is 0.386 e. The maximum Gasteiger partial charge on any atom is 0.244 e. The molecule has 2 heterocycles. The van der Waals surface area contributed by atoms with Crippen molar-refractivity contribution in [3.8, 4) is 0 Å². The first-order valence-corrected chi connectivity index (χ1v) is 7.22. The van der Waals surface area contributed by atoms with Gasteiger partial charge in [0.1, 0.15) is 6.10 Å². The standard InChI is InChI=1S/C13H13NO2S2/c15-11(12-4-2-8-18-12)9-14-13(16)6-5-10-3-1-7-17-10/h1-8,11,15H,9H2,(H,14,16)/b6-5+/t11-/m1/s1. The Labute approximate surface area is 113 Å². The van der Waals surface area contributed by atoms with Crippen LogP contribution in [0, 0.1) is 0 Å². The highest BCUT2D eigenvalue weighted by atomic mass is 32.1. The van der Waals surface area contributed by atoms with E-state index < -0.39 is 6.10 Å². The van der Waals surface area contributed by atoms with E-state index in [1.807, 2.05) is 35.0 Å². The first-order valence-electron chi connectivity index (χ1n) is 5.46. The molecule has 0 fully saturated rings. The topological polar surface area (TPSA) is 49.3 Å². The molecule has 0 radical (unpaired) electrons. The van der Waals surface area contributed by atoms with Gasteiger partial charge in [0, 0.05) is 22.4 Å². The Bertz CT molecular complexity index is 503. The van der Waals surface area contributed by atoms with E-state index in [1.165, 1.54) is 17.4 Å². The van der Waals surface area contributed by atoms with Crippen LogP contribution in [0.3, 0.4) is 0 Å². The van der Waals surface area contributed by atoms with E-state index in [-0.39, 0.29) is 12.5 Å². The monoisotopic (exact) mass is 279 g/mol. The molecule has 18 heavy (non-hydrogen) atoms. The molecule has 2 aromatic rings. The first kappa shape index (κ1) is 13.0. The highest BCUT2D eigenvalue weighted by Gasteiger charge is 2.08. The van der Waals surface area contributed by atoms with E-state index in [0.717, 1.165) is 9.75 Å². The lowest BCUT2D eigenvalue weighted by Crippen LogP contribution is -2.26. The third kappa shape index (κ3) is 3.80. The molecule has 1 atom stereocenters. The molecule has 0 saturated carbocycles. The van der Waals surface area contributed by atoms with E-state index in [1.54, 1.807) is 17.4 Å². The van der Waals surface area contributed by atoms with Crippen LogP contribution in [0.15, 0.2) is 41.1 Å². The van der Waals surface area contributed by atoms with Gasteiger partial charge in [-0.3, -0.25) is 4.79 Å². The van der Waals surface area contributed by atoms with Crippen LogP contribution in [-0.4, -0.2) is 17.6 Å². The van der Waals surface area contributed by atoms with Gasteiger partial charge >= 0.3 is 0 Å². The second-order valence-corrected chi connectivity index (χ2v) is 5.58. The summed E-state index contributed by atoms with van der Waals surface area (Å²) in [5, 5.41) is 16.3. The lowest BCUT2D eigenvalue weighted by molar-refractivity contribution is -0.116. The Hall–Kier alpha value is -1.43. The van der Waals surface area contributed by atoms with Crippen molar-refractivity contribution in [2.45, 2.75) is 6.10 Å². The van der Waals surface area contributed by atoms with Crippen LogP contribution in [0.4, 0.5) is 0 Å². The number of carbonyl (C=O) groups excluding carboxylic acids is 1. The summed E-state index contributed by atoms with van der Waals surface area (Å²) in [5.74, 6) is -0.195. The molecule has 0 aliphatic rings. The number of thiophene rings is 2. The van der Waals surface area contributed by atoms with Gasteiger partial charge in [0.15, 0.2) is 0 Å². The van der Waals surface area contributed by atoms with Gasteiger partial charge in [-0.05, 0) is 29.0 Å². The Morgan fingerprint density at radius 1 is 1.33 bits per heavy atom. The van der Waals surface area contributed by atoms with Crippen LogP contribution in [0.2, 0.25) is 0 Å². The maximum atomic E-state index is 11.5. The first-order chi connectivity index (χ1) is 8.75. The number of rotatable bonds is 5. The molecule has 2 rings (SSSR count). The molecule has 2 aromatic heterocycles. The Morgan fingerprint density at radius 3 is 2.78 bits per heavy atom. The van der Waals surface area contributed by atoms with Crippen LogP contribution in [0.25, 0.3) is 6.08 Å². The summed E-state index contributed by atoms with van der Waals surface area (Å²) < 4.78 is 0.